The molecule has 2 heteroatoms. The van der Waals surface area contributed by atoms with E-state index in [1.54, 1.807) is 17.8 Å². The molecule has 1 rings (SSSR count). The summed E-state index contributed by atoms with van der Waals surface area (Å²) in [5.74, 6) is 0.697. The molecule has 1 N–H and O–H groups in total. The molecule has 1 nitrogen and oxygen atoms in total. The van der Waals surface area contributed by atoms with Gasteiger partial charge >= 0.3 is 0 Å². The van der Waals surface area contributed by atoms with Gasteiger partial charge in [0.1, 0.15) is 0 Å². The molecule has 1 aromatic carbocycles. The first-order valence-electron chi connectivity index (χ1n) is 5.06. The van der Waals surface area contributed by atoms with Crippen molar-refractivity contribution < 1.29 is 5.11 Å². The van der Waals surface area contributed by atoms with Crippen molar-refractivity contribution in [3.8, 4) is 0 Å². The molecule has 0 spiro atoms. The van der Waals surface area contributed by atoms with E-state index in [-0.39, 0.29) is 0 Å². The second kappa shape index (κ2) is 5.38. The Bertz CT molecular complexity index is 314. The number of benzene rings is 1. The number of hydrogen-bond acceptors (Lipinski definition) is 2. The van der Waals surface area contributed by atoms with E-state index in [9.17, 15) is 5.11 Å². The van der Waals surface area contributed by atoms with E-state index in [0.29, 0.717) is 12.2 Å². The molecule has 0 fully saturated rings. The maximum atomic E-state index is 9.94. The van der Waals surface area contributed by atoms with Crippen LogP contribution in [0.1, 0.15) is 18.9 Å². The van der Waals surface area contributed by atoms with Gasteiger partial charge in [-0.25, -0.2) is 0 Å². The highest BCUT2D eigenvalue weighted by Crippen LogP contribution is 2.24. The first-order valence-corrected chi connectivity index (χ1v) is 6.05. The highest BCUT2D eigenvalue weighted by Gasteiger charge is 2.18. The van der Waals surface area contributed by atoms with E-state index in [1.165, 1.54) is 10.5 Å². The predicted octanol–water partition coefficient (Wildman–Crippen LogP) is 3.41. The fourth-order valence-electron chi connectivity index (χ4n) is 1.24. The smallest absolute Gasteiger partial charge is 0.0747 e. The van der Waals surface area contributed by atoms with E-state index in [0.717, 1.165) is 0 Å². The predicted molar refractivity (Wildman–Crippen MR) is 67.3 cm³/mol. The Labute approximate surface area is 96.2 Å². The average Bonchev–Trinajstić information content (AvgIpc) is 2.17. The maximum Gasteiger partial charge on any atom is 0.0747 e. The van der Waals surface area contributed by atoms with Crippen LogP contribution < -0.4 is 0 Å². The summed E-state index contributed by atoms with van der Waals surface area (Å²) in [4.78, 5) is 1.20. The summed E-state index contributed by atoms with van der Waals surface area (Å²) in [6, 6.07) is 8.35. The first kappa shape index (κ1) is 12.3. The number of hydrogen-bond donors (Lipinski definition) is 1. The summed E-state index contributed by atoms with van der Waals surface area (Å²) in [5, 5.41) is 9.94. The minimum Gasteiger partial charge on any atom is -0.389 e. The minimum absolute atomic E-state index is 0.631. The van der Waals surface area contributed by atoms with Crippen LogP contribution in [0.25, 0.3) is 0 Å². The van der Waals surface area contributed by atoms with E-state index < -0.39 is 5.60 Å². The SMILES string of the molecule is C=CCC(C)(O)CSc1ccc(C)cc1. The summed E-state index contributed by atoms with van der Waals surface area (Å²) in [5.41, 5.74) is 0.606. The Morgan fingerprint density at radius 2 is 2.00 bits per heavy atom. The second-order valence-corrected chi connectivity index (χ2v) is 5.14. The monoisotopic (exact) mass is 222 g/mol. The summed E-state index contributed by atoms with van der Waals surface area (Å²) in [6.07, 6.45) is 2.39. The summed E-state index contributed by atoms with van der Waals surface area (Å²) in [7, 11) is 0. The summed E-state index contributed by atoms with van der Waals surface area (Å²) >= 11 is 1.68. The molecule has 0 heterocycles. The van der Waals surface area contributed by atoms with Gasteiger partial charge in [0.15, 0.2) is 0 Å². The van der Waals surface area contributed by atoms with Gasteiger partial charge in [0, 0.05) is 10.6 Å². The fraction of sp³-hybridized carbons (Fsp3) is 0.385. The van der Waals surface area contributed by atoms with Crippen molar-refractivity contribution in [1.29, 1.82) is 0 Å². The fourth-order valence-corrected chi connectivity index (χ4v) is 2.17. The Morgan fingerprint density at radius 3 is 2.53 bits per heavy atom. The van der Waals surface area contributed by atoms with Crippen molar-refractivity contribution in [3.63, 3.8) is 0 Å². The van der Waals surface area contributed by atoms with Crippen LogP contribution in [-0.2, 0) is 0 Å². The lowest BCUT2D eigenvalue weighted by Gasteiger charge is -2.20. The molecule has 0 aliphatic rings. The molecule has 1 aromatic rings. The number of rotatable bonds is 5. The molecular formula is C13H18OS. The second-order valence-electron chi connectivity index (χ2n) is 4.09. The quantitative estimate of drug-likeness (QED) is 0.608. The zero-order valence-electron chi connectivity index (χ0n) is 9.36. The van der Waals surface area contributed by atoms with E-state index in [2.05, 4.69) is 37.8 Å². The van der Waals surface area contributed by atoms with Gasteiger partial charge in [-0.1, -0.05) is 23.8 Å². The average molecular weight is 222 g/mol. The van der Waals surface area contributed by atoms with Crippen LogP contribution in [-0.4, -0.2) is 16.5 Å². The van der Waals surface area contributed by atoms with Crippen molar-refractivity contribution in [2.24, 2.45) is 0 Å². The van der Waals surface area contributed by atoms with Crippen LogP contribution in [0.15, 0.2) is 41.8 Å². The molecule has 0 aromatic heterocycles. The molecule has 0 aliphatic carbocycles. The van der Waals surface area contributed by atoms with Gasteiger partial charge in [-0.3, -0.25) is 0 Å². The highest BCUT2D eigenvalue weighted by molar-refractivity contribution is 7.99. The zero-order chi connectivity index (χ0) is 11.3. The highest BCUT2D eigenvalue weighted by atomic mass is 32.2. The Balaban J connectivity index is 2.49. The summed E-state index contributed by atoms with van der Waals surface area (Å²) in [6.45, 7) is 7.56. The van der Waals surface area contributed by atoms with Crippen molar-refractivity contribution in [2.75, 3.05) is 5.75 Å². The number of aryl methyl sites for hydroxylation is 1. The largest absolute Gasteiger partial charge is 0.389 e. The van der Waals surface area contributed by atoms with Gasteiger partial charge in [-0.15, -0.1) is 18.3 Å². The minimum atomic E-state index is -0.655. The molecule has 0 saturated heterocycles. The van der Waals surface area contributed by atoms with Crippen molar-refractivity contribution in [3.05, 3.63) is 42.5 Å². The molecule has 0 bridgehead atoms. The van der Waals surface area contributed by atoms with Crippen LogP contribution in [0.2, 0.25) is 0 Å². The summed E-state index contributed by atoms with van der Waals surface area (Å²) < 4.78 is 0. The van der Waals surface area contributed by atoms with Gasteiger partial charge in [-0.05, 0) is 32.4 Å². The normalized spacial score (nSPS) is 14.6. The molecule has 0 aliphatic heterocycles. The Morgan fingerprint density at radius 1 is 1.40 bits per heavy atom. The molecule has 1 atom stereocenters. The van der Waals surface area contributed by atoms with Crippen LogP contribution >= 0.6 is 11.8 Å². The van der Waals surface area contributed by atoms with Crippen LogP contribution in [0, 0.1) is 6.92 Å². The van der Waals surface area contributed by atoms with Crippen molar-refractivity contribution in [2.45, 2.75) is 30.8 Å². The third-order valence-corrected chi connectivity index (χ3v) is 3.53. The lowest BCUT2D eigenvalue weighted by atomic mass is 10.1. The molecule has 0 amide bonds. The first-order chi connectivity index (χ1) is 7.03. The third-order valence-electron chi connectivity index (χ3n) is 2.15. The number of aliphatic hydroxyl groups is 1. The topological polar surface area (TPSA) is 20.2 Å². The Kier molecular flexibility index (Phi) is 4.43. The lowest BCUT2D eigenvalue weighted by Crippen LogP contribution is -2.26. The molecular weight excluding hydrogens is 204 g/mol. The zero-order valence-corrected chi connectivity index (χ0v) is 10.2. The van der Waals surface area contributed by atoms with Crippen molar-refractivity contribution in [1.82, 2.24) is 0 Å². The van der Waals surface area contributed by atoms with E-state index in [1.807, 2.05) is 6.92 Å². The van der Waals surface area contributed by atoms with E-state index in [4.69, 9.17) is 0 Å². The van der Waals surface area contributed by atoms with Gasteiger partial charge in [0.2, 0.25) is 0 Å². The molecule has 82 valence electrons. The maximum absolute atomic E-state index is 9.94. The molecule has 0 radical (unpaired) electrons. The molecule has 0 saturated carbocycles. The molecule has 1 unspecified atom stereocenters. The van der Waals surface area contributed by atoms with Crippen LogP contribution in [0.5, 0.6) is 0 Å². The standard InChI is InChI=1S/C13H18OS/c1-4-9-13(3,14)10-15-12-7-5-11(2)6-8-12/h4-8,14H,1,9-10H2,2-3H3. The van der Waals surface area contributed by atoms with Gasteiger partial charge in [0.05, 0.1) is 5.60 Å². The van der Waals surface area contributed by atoms with Gasteiger partial charge in [0.25, 0.3) is 0 Å². The molecule has 15 heavy (non-hydrogen) atoms. The van der Waals surface area contributed by atoms with Gasteiger partial charge < -0.3 is 5.11 Å². The van der Waals surface area contributed by atoms with Gasteiger partial charge in [-0.2, -0.15) is 0 Å². The van der Waals surface area contributed by atoms with Crippen LogP contribution in [0.3, 0.4) is 0 Å². The van der Waals surface area contributed by atoms with Crippen LogP contribution in [0.4, 0.5) is 0 Å². The number of thioether (sulfide) groups is 1. The Hall–Kier alpha value is -0.730. The van der Waals surface area contributed by atoms with Crippen molar-refractivity contribution >= 4 is 11.8 Å². The lowest BCUT2D eigenvalue weighted by molar-refractivity contribution is 0.0891. The third kappa shape index (κ3) is 4.54. The van der Waals surface area contributed by atoms with E-state index >= 15 is 0 Å².